The summed E-state index contributed by atoms with van der Waals surface area (Å²) in [6.07, 6.45) is 3.28. The van der Waals surface area contributed by atoms with Crippen molar-refractivity contribution in [2.24, 2.45) is 0 Å². The fourth-order valence-electron chi connectivity index (χ4n) is 2.33. The molecule has 1 aromatic carbocycles. The van der Waals surface area contributed by atoms with E-state index in [-0.39, 0.29) is 5.91 Å². The Morgan fingerprint density at radius 2 is 1.96 bits per heavy atom. The summed E-state index contributed by atoms with van der Waals surface area (Å²) in [5, 5.41) is 3.68. The number of ether oxygens (including phenoxy) is 1. The molecule has 1 aliphatic rings. The normalized spacial score (nSPS) is 14.6. The van der Waals surface area contributed by atoms with Crippen LogP contribution in [0.25, 0.3) is 0 Å². The Morgan fingerprint density at radius 1 is 1.17 bits per heavy atom. The first-order valence-corrected chi connectivity index (χ1v) is 7.93. The predicted molar refractivity (Wildman–Crippen MR) is 91.7 cm³/mol. The van der Waals surface area contributed by atoms with Crippen LogP contribution in [0.15, 0.2) is 36.7 Å². The van der Waals surface area contributed by atoms with Gasteiger partial charge in [0, 0.05) is 24.3 Å². The van der Waals surface area contributed by atoms with Gasteiger partial charge in [-0.1, -0.05) is 23.2 Å². The van der Waals surface area contributed by atoms with Crippen LogP contribution < -0.4 is 10.2 Å². The minimum absolute atomic E-state index is 0.267. The summed E-state index contributed by atoms with van der Waals surface area (Å²) < 4.78 is 5.33. The Kier molecular flexibility index (Phi) is 5.00. The highest BCUT2D eigenvalue weighted by molar-refractivity contribution is 6.36. The number of carbonyl (C=O) groups excluding carboxylic acids is 1. The zero-order valence-corrected chi connectivity index (χ0v) is 13.8. The summed E-state index contributed by atoms with van der Waals surface area (Å²) in [5.74, 6) is -0.267. The van der Waals surface area contributed by atoms with Gasteiger partial charge in [0.15, 0.2) is 0 Å². The Hall–Kier alpha value is -1.82. The van der Waals surface area contributed by atoms with Gasteiger partial charge in [0.25, 0.3) is 5.91 Å². The van der Waals surface area contributed by atoms with Crippen LogP contribution in [0.5, 0.6) is 0 Å². The number of halogens is 2. The third-order valence-corrected chi connectivity index (χ3v) is 4.09. The van der Waals surface area contributed by atoms with E-state index in [2.05, 4.69) is 15.2 Å². The Bertz CT molecular complexity index is 718. The number of carbonyl (C=O) groups is 1. The maximum atomic E-state index is 12.4. The zero-order chi connectivity index (χ0) is 16.2. The van der Waals surface area contributed by atoms with E-state index in [1.54, 1.807) is 24.4 Å². The first kappa shape index (κ1) is 16.1. The van der Waals surface area contributed by atoms with Crippen LogP contribution in [-0.2, 0) is 4.74 Å². The van der Waals surface area contributed by atoms with Crippen LogP contribution in [0, 0.1) is 0 Å². The molecule has 7 heteroatoms. The van der Waals surface area contributed by atoms with Crippen LogP contribution in [0.3, 0.4) is 0 Å². The van der Waals surface area contributed by atoms with Gasteiger partial charge in [0.2, 0.25) is 0 Å². The number of benzene rings is 1. The number of hydrogen-bond acceptors (Lipinski definition) is 4. The number of nitrogens with zero attached hydrogens (tertiary/aromatic N) is 2. The number of amides is 1. The van der Waals surface area contributed by atoms with E-state index < -0.39 is 0 Å². The number of aromatic nitrogens is 1. The quantitative estimate of drug-likeness (QED) is 0.919. The van der Waals surface area contributed by atoms with Crippen molar-refractivity contribution < 1.29 is 9.53 Å². The molecule has 120 valence electrons. The molecular weight excluding hydrogens is 337 g/mol. The van der Waals surface area contributed by atoms with Crippen molar-refractivity contribution >= 4 is 40.5 Å². The second-order valence-electron chi connectivity index (χ2n) is 5.11. The van der Waals surface area contributed by atoms with Crippen molar-refractivity contribution in [1.82, 2.24) is 4.98 Å². The van der Waals surface area contributed by atoms with Crippen molar-refractivity contribution in [2.45, 2.75) is 0 Å². The van der Waals surface area contributed by atoms with Gasteiger partial charge in [-0.2, -0.15) is 0 Å². The fourth-order valence-corrected chi connectivity index (χ4v) is 2.79. The lowest BCUT2D eigenvalue weighted by Crippen LogP contribution is -2.36. The lowest BCUT2D eigenvalue weighted by atomic mass is 10.2. The highest BCUT2D eigenvalue weighted by Gasteiger charge is 2.15. The van der Waals surface area contributed by atoms with Crippen molar-refractivity contribution in [1.29, 1.82) is 0 Å². The lowest BCUT2D eigenvalue weighted by Gasteiger charge is -2.28. The van der Waals surface area contributed by atoms with Crippen molar-refractivity contribution in [3.63, 3.8) is 0 Å². The molecule has 5 nitrogen and oxygen atoms in total. The molecule has 0 aliphatic carbocycles. The van der Waals surface area contributed by atoms with Gasteiger partial charge >= 0.3 is 0 Å². The van der Waals surface area contributed by atoms with E-state index >= 15 is 0 Å². The summed E-state index contributed by atoms with van der Waals surface area (Å²) in [7, 11) is 0. The molecule has 0 spiro atoms. The maximum Gasteiger partial charge on any atom is 0.257 e. The third kappa shape index (κ3) is 3.93. The third-order valence-electron chi connectivity index (χ3n) is 3.54. The van der Waals surface area contributed by atoms with E-state index in [0.29, 0.717) is 34.5 Å². The average molecular weight is 352 g/mol. The number of nitrogens with one attached hydrogen (secondary N) is 1. The molecular formula is C16H15Cl2N3O2. The summed E-state index contributed by atoms with van der Waals surface area (Å²) in [6.45, 7) is 2.93. The van der Waals surface area contributed by atoms with E-state index in [1.165, 1.54) is 6.20 Å². The number of anilines is 2. The van der Waals surface area contributed by atoms with E-state index in [9.17, 15) is 4.79 Å². The van der Waals surface area contributed by atoms with Gasteiger partial charge in [-0.3, -0.25) is 9.78 Å². The minimum atomic E-state index is -0.267. The van der Waals surface area contributed by atoms with Crippen LogP contribution in [0.4, 0.5) is 11.4 Å². The molecule has 23 heavy (non-hydrogen) atoms. The molecule has 1 N–H and O–H groups in total. The first-order chi connectivity index (χ1) is 11.1. The molecule has 0 saturated carbocycles. The summed E-state index contributed by atoms with van der Waals surface area (Å²) in [4.78, 5) is 18.7. The maximum absolute atomic E-state index is 12.4. The fraction of sp³-hybridized carbons (Fsp3) is 0.250. The number of rotatable bonds is 3. The molecule has 0 radical (unpaired) electrons. The van der Waals surface area contributed by atoms with Crippen molar-refractivity contribution in [2.75, 3.05) is 36.5 Å². The zero-order valence-electron chi connectivity index (χ0n) is 12.3. The SMILES string of the molecule is O=C(Nc1ccc(Cl)cc1Cl)c1cncc(N2CCOCC2)c1. The van der Waals surface area contributed by atoms with E-state index in [0.717, 1.165) is 18.8 Å². The van der Waals surface area contributed by atoms with Crippen molar-refractivity contribution in [3.05, 3.63) is 52.3 Å². The van der Waals surface area contributed by atoms with Crippen LogP contribution in [0.1, 0.15) is 10.4 Å². The van der Waals surface area contributed by atoms with E-state index in [4.69, 9.17) is 27.9 Å². The van der Waals surface area contributed by atoms with Gasteiger partial charge in [-0.15, -0.1) is 0 Å². The van der Waals surface area contributed by atoms with Crippen LogP contribution >= 0.6 is 23.2 Å². The smallest absolute Gasteiger partial charge is 0.257 e. The molecule has 1 amide bonds. The molecule has 0 unspecified atom stereocenters. The second-order valence-corrected chi connectivity index (χ2v) is 5.95. The molecule has 0 bridgehead atoms. The summed E-state index contributed by atoms with van der Waals surface area (Å²) >= 11 is 11.9. The molecule has 1 fully saturated rings. The molecule has 1 aliphatic heterocycles. The molecule has 3 rings (SSSR count). The average Bonchev–Trinajstić information content (AvgIpc) is 2.58. The highest BCUT2D eigenvalue weighted by Crippen LogP contribution is 2.26. The topological polar surface area (TPSA) is 54.5 Å². The van der Waals surface area contributed by atoms with Crippen LogP contribution in [0.2, 0.25) is 10.0 Å². The van der Waals surface area contributed by atoms with Gasteiger partial charge in [0.05, 0.1) is 41.4 Å². The van der Waals surface area contributed by atoms with Crippen molar-refractivity contribution in [3.8, 4) is 0 Å². The van der Waals surface area contributed by atoms with E-state index in [1.807, 2.05) is 6.07 Å². The molecule has 2 heterocycles. The monoisotopic (exact) mass is 351 g/mol. The molecule has 2 aromatic rings. The second kappa shape index (κ2) is 7.17. The number of hydrogen-bond donors (Lipinski definition) is 1. The first-order valence-electron chi connectivity index (χ1n) is 7.17. The summed E-state index contributed by atoms with van der Waals surface area (Å²) in [5.41, 5.74) is 1.89. The molecule has 1 saturated heterocycles. The molecule has 1 aromatic heterocycles. The Labute approximate surface area is 144 Å². The Balaban J connectivity index is 1.76. The van der Waals surface area contributed by atoms with Gasteiger partial charge in [-0.25, -0.2) is 0 Å². The van der Waals surface area contributed by atoms with Gasteiger partial charge < -0.3 is 15.0 Å². The lowest BCUT2D eigenvalue weighted by molar-refractivity contribution is 0.102. The van der Waals surface area contributed by atoms with Crippen LogP contribution in [-0.4, -0.2) is 37.2 Å². The molecule has 0 atom stereocenters. The standard InChI is InChI=1S/C16H15Cl2N3O2/c17-12-1-2-15(14(18)8-12)20-16(22)11-7-13(10-19-9-11)21-3-5-23-6-4-21/h1-2,7-10H,3-6H2,(H,20,22). The van der Waals surface area contributed by atoms with Gasteiger partial charge in [0.1, 0.15) is 0 Å². The number of pyridine rings is 1. The summed E-state index contributed by atoms with van der Waals surface area (Å²) in [6, 6.07) is 6.74. The van der Waals surface area contributed by atoms with Gasteiger partial charge in [-0.05, 0) is 24.3 Å². The largest absolute Gasteiger partial charge is 0.378 e. The number of morpholine rings is 1. The minimum Gasteiger partial charge on any atom is -0.378 e. The Morgan fingerprint density at radius 3 is 2.70 bits per heavy atom. The highest BCUT2D eigenvalue weighted by atomic mass is 35.5. The predicted octanol–water partition coefficient (Wildman–Crippen LogP) is 3.48.